The minimum Gasteiger partial charge on any atom is -0.356 e. The topological polar surface area (TPSA) is 132 Å². The molecule has 48 valence electrons. The van der Waals surface area contributed by atoms with Crippen LogP contribution in [0.3, 0.4) is 0 Å². The summed E-state index contributed by atoms with van der Waals surface area (Å²) in [6.45, 7) is 0. The molecule has 0 aromatic rings. The van der Waals surface area contributed by atoms with Crippen LogP contribution < -0.4 is 29.6 Å². The number of rotatable bonds is 0. The van der Waals surface area contributed by atoms with Crippen LogP contribution in [0.5, 0.6) is 0 Å². The van der Waals surface area contributed by atoms with Crippen LogP contribution in [0.15, 0.2) is 0 Å². The summed E-state index contributed by atoms with van der Waals surface area (Å²) in [4.78, 5) is 16.5. The van der Waals surface area contributed by atoms with Gasteiger partial charge in [-0.1, -0.05) is 0 Å². The first-order chi connectivity index (χ1) is 3.46. The summed E-state index contributed by atoms with van der Waals surface area (Å²) in [5.41, 5.74) is 0. The van der Waals surface area contributed by atoms with Crippen LogP contribution >= 0.6 is 0 Å². The molecule has 0 aromatic carbocycles. The van der Waals surface area contributed by atoms with Crippen molar-refractivity contribution in [1.82, 2.24) is 0 Å². The smallest absolute Gasteiger partial charge is 0.356 e. The van der Waals surface area contributed by atoms with E-state index in [4.69, 9.17) is 30.6 Å². The minimum atomic E-state index is -1.75. The summed E-state index contributed by atoms with van der Waals surface area (Å²) in [6.07, 6.45) is 0. The van der Waals surface area contributed by atoms with E-state index in [9.17, 15) is 0 Å². The summed E-state index contributed by atoms with van der Waals surface area (Å²) in [5.74, 6) is 0. The van der Waals surface area contributed by atoms with E-state index in [1.807, 2.05) is 0 Å². The van der Waals surface area contributed by atoms with Gasteiger partial charge in [0.25, 0.3) is 0 Å². The Morgan fingerprint density at radius 1 is 0.800 bits per heavy atom. The minimum absolute atomic E-state index is 0. The first-order valence-corrected chi connectivity index (χ1v) is 1.10. The van der Waals surface area contributed by atoms with Crippen molar-refractivity contribution in [1.29, 1.82) is 0 Å². The monoisotopic (exact) mass is 187 g/mol. The van der Waals surface area contributed by atoms with E-state index in [2.05, 4.69) is 0 Å². The summed E-state index contributed by atoms with van der Waals surface area (Å²) >= 11 is 0. The number of hydrogen-bond donors (Lipinski definition) is 0. The van der Waals surface area contributed by atoms with Gasteiger partial charge in [0, 0.05) is 0 Å². The second-order valence-electron chi connectivity index (χ2n) is 0.447. The van der Waals surface area contributed by atoms with Crippen molar-refractivity contribution < 1.29 is 39.7 Å². The molecule has 0 amide bonds. The zero-order valence-corrected chi connectivity index (χ0v) is 9.26. The van der Waals surface area contributed by atoms with Gasteiger partial charge in [-0.25, -0.2) is 0 Å². The van der Waals surface area contributed by atoms with Crippen LogP contribution in [0.1, 0.15) is 0 Å². The van der Waals surface area contributed by atoms with E-state index in [0.29, 0.717) is 0 Å². The van der Waals surface area contributed by atoms with Gasteiger partial charge in [-0.05, 0) is 0 Å². The first kappa shape index (κ1) is 22.4. The van der Waals surface area contributed by atoms with Gasteiger partial charge < -0.3 is 30.6 Å². The molecule has 0 saturated carbocycles. The van der Waals surface area contributed by atoms with Gasteiger partial charge >= 0.3 is 67.3 Å². The van der Waals surface area contributed by atoms with Crippen molar-refractivity contribution >= 4 is 37.7 Å². The van der Waals surface area contributed by atoms with Crippen LogP contribution in [0.4, 0.5) is 0 Å². The first-order valence-electron chi connectivity index (χ1n) is 1.10. The number of nitrogens with zero attached hydrogens (tertiary/aromatic N) is 2. The fraction of sp³-hybridized carbons (Fsp3) is 0. The fourth-order valence-corrected chi connectivity index (χ4v) is 0. The van der Waals surface area contributed by atoms with Gasteiger partial charge in [-0.2, -0.15) is 0 Å². The molecule has 0 aliphatic heterocycles. The quantitative estimate of drug-likeness (QED) is 0.216. The molecule has 0 aromatic heterocycles. The van der Waals surface area contributed by atoms with Crippen molar-refractivity contribution in [3.8, 4) is 0 Å². The SMILES string of the molecule is O=[N+]([O-])[O-].O=[N+]([O-])[O-].[Ca+2].[Na+]. The molecule has 0 spiro atoms. The summed E-state index contributed by atoms with van der Waals surface area (Å²) in [7, 11) is 0. The molecule has 8 nitrogen and oxygen atoms in total. The fourth-order valence-electron chi connectivity index (χ4n) is 0. The maximum Gasteiger partial charge on any atom is 2.00 e. The van der Waals surface area contributed by atoms with Crippen LogP contribution in [0.2, 0.25) is 0 Å². The van der Waals surface area contributed by atoms with E-state index in [1.54, 1.807) is 0 Å². The van der Waals surface area contributed by atoms with Gasteiger partial charge in [0.2, 0.25) is 0 Å². The largest absolute Gasteiger partial charge is 2.00 e. The summed E-state index contributed by atoms with van der Waals surface area (Å²) < 4.78 is 0. The van der Waals surface area contributed by atoms with Gasteiger partial charge in [0.1, 0.15) is 0 Å². The second-order valence-corrected chi connectivity index (χ2v) is 0.447. The van der Waals surface area contributed by atoms with Crippen LogP contribution in [0.25, 0.3) is 0 Å². The third-order valence-corrected chi connectivity index (χ3v) is 0. The average molecular weight is 187 g/mol. The summed E-state index contributed by atoms with van der Waals surface area (Å²) in [5, 5.41) is 29.5. The second kappa shape index (κ2) is 16.3. The van der Waals surface area contributed by atoms with Crippen molar-refractivity contribution in [2.24, 2.45) is 0 Å². The van der Waals surface area contributed by atoms with Crippen LogP contribution in [-0.2, 0) is 0 Å². The van der Waals surface area contributed by atoms with Gasteiger partial charge in [-0.15, -0.1) is 0 Å². The number of hydrogen-bond acceptors (Lipinski definition) is 6. The Hall–Kier alpha value is 0.660. The maximum absolute atomic E-state index is 8.25. The Morgan fingerprint density at radius 3 is 0.800 bits per heavy atom. The molecule has 10 heavy (non-hydrogen) atoms. The van der Waals surface area contributed by atoms with E-state index in [-0.39, 0.29) is 67.3 Å². The normalized spacial score (nSPS) is 4.80. The standard InChI is InChI=1S/Ca.2NO3.Na/c;2*2-1(3)4;/q+2;2*-1;+1. The van der Waals surface area contributed by atoms with Gasteiger partial charge in [0.05, 0.1) is 10.2 Å². The van der Waals surface area contributed by atoms with Gasteiger partial charge in [-0.3, -0.25) is 0 Å². The zero-order valence-electron chi connectivity index (χ0n) is 5.05. The molecular weight excluding hydrogens is 187 g/mol. The molecule has 0 rings (SSSR count). The molecule has 0 aliphatic carbocycles. The van der Waals surface area contributed by atoms with Crippen molar-refractivity contribution in [3.63, 3.8) is 0 Å². The van der Waals surface area contributed by atoms with E-state index in [0.717, 1.165) is 0 Å². The molecule has 10 heteroatoms. The Labute approximate surface area is 107 Å². The van der Waals surface area contributed by atoms with Crippen LogP contribution in [0, 0.1) is 30.6 Å². The molecule has 0 fully saturated rings. The molecule has 0 bridgehead atoms. The summed E-state index contributed by atoms with van der Waals surface area (Å²) in [6, 6.07) is 0. The van der Waals surface area contributed by atoms with Crippen molar-refractivity contribution in [2.75, 3.05) is 0 Å². The predicted molar refractivity (Wildman–Crippen MR) is 26.5 cm³/mol. The Bertz CT molecular complexity index is 73.7. The predicted octanol–water partition coefficient (Wildman–Crippen LogP) is -3.86. The molecule has 0 unspecified atom stereocenters. The van der Waals surface area contributed by atoms with Crippen molar-refractivity contribution in [2.45, 2.75) is 0 Å². The third-order valence-electron chi connectivity index (χ3n) is 0. The zero-order chi connectivity index (χ0) is 7.15. The van der Waals surface area contributed by atoms with Crippen LogP contribution in [-0.4, -0.2) is 47.9 Å². The molecule has 0 radical (unpaired) electrons. The third kappa shape index (κ3) is 1170. The van der Waals surface area contributed by atoms with E-state index >= 15 is 0 Å². The molecule has 0 N–H and O–H groups in total. The molecular formula is CaN2NaO6+. The average Bonchev–Trinajstić information content (AvgIpc) is 1.25. The Kier molecular flexibility index (Phi) is 36.6. The molecule has 0 aliphatic rings. The van der Waals surface area contributed by atoms with Gasteiger partial charge in [0.15, 0.2) is 0 Å². The van der Waals surface area contributed by atoms with Crippen molar-refractivity contribution in [3.05, 3.63) is 30.6 Å². The maximum atomic E-state index is 8.25. The Balaban J connectivity index is -0.0000000300. The molecule has 0 atom stereocenters. The van der Waals surface area contributed by atoms with E-state index < -0.39 is 10.2 Å². The van der Waals surface area contributed by atoms with E-state index in [1.165, 1.54) is 0 Å². The Morgan fingerprint density at radius 2 is 0.800 bits per heavy atom. The molecule has 0 heterocycles. The molecule has 0 saturated heterocycles.